The molecule has 0 spiro atoms. The Hall–Kier alpha value is -0.830. The lowest BCUT2D eigenvalue weighted by Gasteiger charge is -2.27. The summed E-state index contributed by atoms with van der Waals surface area (Å²) in [4.78, 5) is 13.6. The van der Waals surface area contributed by atoms with E-state index in [9.17, 15) is 4.79 Å². The maximum Gasteiger partial charge on any atom is 0.319 e. The highest BCUT2D eigenvalue weighted by Gasteiger charge is 2.24. The molecule has 0 atom stereocenters. The van der Waals surface area contributed by atoms with Gasteiger partial charge in [-0.05, 0) is 26.2 Å². The molecular formula is C13H23NO2. The Balaban J connectivity index is 2.46. The summed E-state index contributed by atoms with van der Waals surface area (Å²) in [5, 5.41) is 0. The number of carbonyl (C=O) groups excluding carboxylic acids is 1. The SMILES string of the molecule is C=C(C)CCN(CC(=O)OC)C1CCCC1. The first-order valence-corrected chi connectivity index (χ1v) is 6.08. The number of rotatable bonds is 6. The number of nitrogens with zero attached hydrogens (tertiary/aromatic N) is 1. The van der Waals surface area contributed by atoms with E-state index in [1.54, 1.807) is 0 Å². The van der Waals surface area contributed by atoms with Gasteiger partial charge in [0.2, 0.25) is 0 Å². The van der Waals surface area contributed by atoms with Crippen LogP contribution in [0, 0.1) is 0 Å². The van der Waals surface area contributed by atoms with Gasteiger partial charge in [0.25, 0.3) is 0 Å². The Morgan fingerprint density at radius 3 is 2.56 bits per heavy atom. The summed E-state index contributed by atoms with van der Waals surface area (Å²) in [5.41, 5.74) is 1.17. The Kier molecular flexibility index (Phi) is 5.53. The maximum absolute atomic E-state index is 11.3. The smallest absolute Gasteiger partial charge is 0.319 e. The highest BCUT2D eigenvalue weighted by molar-refractivity contribution is 5.71. The van der Waals surface area contributed by atoms with Gasteiger partial charge < -0.3 is 4.74 Å². The third-order valence-electron chi connectivity index (χ3n) is 3.23. The molecule has 0 N–H and O–H groups in total. The van der Waals surface area contributed by atoms with Crippen molar-refractivity contribution < 1.29 is 9.53 Å². The van der Waals surface area contributed by atoms with Crippen LogP contribution in [0.1, 0.15) is 39.0 Å². The minimum atomic E-state index is -0.131. The third-order valence-corrected chi connectivity index (χ3v) is 3.23. The van der Waals surface area contributed by atoms with Crippen molar-refractivity contribution in [3.05, 3.63) is 12.2 Å². The van der Waals surface area contributed by atoms with E-state index < -0.39 is 0 Å². The molecule has 3 nitrogen and oxygen atoms in total. The second-order valence-corrected chi connectivity index (χ2v) is 4.69. The van der Waals surface area contributed by atoms with Crippen molar-refractivity contribution in [1.82, 2.24) is 4.90 Å². The van der Waals surface area contributed by atoms with Crippen LogP contribution in [0.3, 0.4) is 0 Å². The van der Waals surface area contributed by atoms with Crippen molar-refractivity contribution >= 4 is 5.97 Å². The van der Waals surface area contributed by atoms with Crippen molar-refractivity contribution in [3.8, 4) is 0 Å². The Morgan fingerprint density at radius 2 is 2.06 bits per heavy atom. The van der Waals surface area contributed by atoms with Crippen LogP contribution in [0.25, 0.3) is 0 Å². The monoisotopic (exact) mass is 225 g/mol. The lowest BCUT2D eigenvalue weighted by Crippen LogP contribution is -2.38. The predicted molar refractivity (Wildman–Crippen MR) is 65.3 cm³/mol. The topological polar surface area (TPSA) is 29.5 Å². The Bertz CT molecular complexity index is 244. The van der Waals surface area contributed by atoms with Crippen LogP contribution < -0.4 is 0 Å². The van der Waals surface area contributed by atoms with Crippen molar-refractivity contribution in [1.29, 1.82) is 0 Å². The normalized spacial score (nSPS) is 16.7. The van der Waals surface area contributed by atoms with Crippen LogP contribution in [-0.2, 0) is 9.53 Å². The van der Waals surface area contributed by atoms with E-state index >= 15 is 0 Å². The Labute approximate surface area is 98.5 Å². The molecule has 0 radical (unpaired) electrons. The quantitative estimate of drug-likeness (QED) is 0.513. The number of ether oxygens (including phenoxy) is 1. The van der Waals surface area contributed by atoms with Gasteiger partial charge in [-0.25, -0.2) is 0 Å². The molecular weight excluding hydrogens is 202 g/mol. The van der Waals surface area contributed by atoms with Gasteiger partial charge in [-0.1, -0.05) is 18.4 Å². The van der Waals surface area contributed by atoms with Crippen molar-refractivity contribution in [2.75, 3.05) is 20.2 Å². The lowest BCUT2D eigenvalue weighted by molar-refractivity contribution is -0.142. The summed E-state index contributed by atoms with van der Waals surface area (Å²) in [6.07, 6.45) is 5.97. The summed E-state index contributed by atoms with van der Waals surface area (Å²) >= 11 is 0. The van der Waals surface area contributed by atoms with E-state index in [2.05, 4.69) is 11.5 Å². The van der Waals surface area contributed by atoms with Gasteiger partial charge in [0.1, 0.15) is 0 Å². The molecule has 1 rings (SSSR count). The van der Waals surface area contributed by atoms with Crippen LogP contribution in [0.4, 0.5) is 0 Å². The van der Waals surface area contributed by atoms with Gasteiger partial charge in [-0.15, -0.1) is 6.58 Å². The minimum absolute atomic E-state index is 0.131. The zero-order valence-electron chi connectivity index (χ0n) is 10.5. The summed E-state index contributed by atoms with van der Waals surface area (Å²) in [7, 11) is 1.45. The fourth-order valence-corrected chi connectivity index (χ4v) is 2.22. The van der Waals surface area contributed by atoms with E-state index in [0.717, 1.165) is 13.0 Å². The molecule has 0 saturated heterocycles. The molecule has 0 bridgehead atoms. The van der Waals surface area contributed by atoms with Gasteiger partial charge in [-0.3, -0.25) is 9.69 Å². The molecule has 92 valence electrons. The molecule has 1 aliphatic carbocycles. The van der Waals surface area contributed by atoms with Crippen molar-refractivity contribution in [3.63, 3.8) is 0 Å². The molecule has 16 heavy (non-hydrogen) atoms. The second kappa shape index (κ2) is 6.69. The largest absolute Gasteiger partial charge is 0.468 e. The molecule has 1 aliphatic rings. The number of hydrogen-bond donors (Lipinski definition) is 0. The average Bonchev–Trinajstić information content (AvgIpc) is 2.76. The number of carbonyl (C=O) groups is 1. The minimum Gasteiger partial charge on any atom is -0.468 e. The van der Waals surface area contributed by atoms with E-state index in [0.29, 0.717) is 12.6 Å². The molecule has 0 aromatic rings. The first-order valence-electron chi connectivity index (χ1n) is 6.08. The molecule has 0 aromatic carbocycles. The van der Waals surface area contributed by atoms with Crippen molar-refractivity contribution in [2.45, 2.75) is 45.1 Å². The summed E-state index contributed by atoms with van der Waals surface area (Å²) < 4.78 is 4.74. The fourth-order valence-electron chi connectivity index (χ4n) is 2.22. The average molecular weight is 225 g/mol. The van der Waals surface area contributed by atoms with E-state index in [4.69, 9.17) is 4.74 Å². The summed E-state index contributed by atoms with van der Waals surface area (Å²) in [5.74, 6) is -0.131. The number of hydrogen-bond acceptors (Lipinski definition) is 3. The zero-order chi connectivity index (χ0) is 12.0. The van der Waals surface area contributed by atoms with Crippen LogP contribution in [0.5, 0.6) is 0 Å². The highest BCUT2D eigenvalue weighted by Crippen LogP contribution is 2.23. The van der Waals surface area contributed by atoms with Crippen LogP contribution in [-0.4, -0.2) is 37.1 Å². The predicted octanol–water partition coefficient (Wildman–Crippen LogP) is 2.37. The first-order chi connectivity index (χ1) is 7.63. The molecule has 0 heterocycles. The van der Waals surface area contributed by atoms with Crippen molar-refractivity contribution in [2.24, 2.45) is 0 Å². The first kappa shape index (κ1) is 13.2. The Morgan fingerprint density at radius 1 is 1.44 bits per heavy atom. The summed E-state index contributed by atoms with van der Waals surface area (Å²) in [6.45, 7) is 7.29. The molecule has 0 unspecified atom stereocenters. The van der Waals surface area contributed by atoms with Crippen LogP contribution >= 0.6 is 0 Å². The fraction of sp³-hybridized carbons (Fsp3) is 0.769. The standard InChI is InChI=1S/C13H23NO2/c1-11(2)8-9-14(10-13(15)16-3)12-6-4-5-7-12/h12H,1,4-10H2,2-3H3. The van der Waals surface area contributed by atoms with Crippen LogP contribution in [0.2, 0.25) is 0 Å². The third kappa shape index (κ3) is 4.35. The van der Waals surface area contributed by atoms with E-state index in [1.807, 2.05) is 6.92 Å². The molecule has 0 aromatic heterocycles. The van der Waals surface area contributed by atoms with E-state index in [1.165, 1.54) is 38.4 Å². The molecule has 1 saturated carbocycles. The van der Waals surface area contributed by atoms with Gasteiger partial charge in [0, 0.05) is 12.6 Å². The van der Waals surface area contributed by atoms with Gasteiger partial charge >= 0.3 is 5.97 Å². The second-order valence-electron chi connectivity index (χ2n) is 4.69. The highest BCUT2D eigenvalue weighted by atomic mass is 16.5. The number of methoxy groups -OCH3 is 1. The van der Waals surface area contributed by atoms with Crippen LogP contribution in [0.15, 0.2) is 12.2 Å². The van der Waals surface area contributed by atoms with Gasteiger partial charge in [0.05, 0.1) is 13.7 Å². The summed E-state index contributed by atoms with van der Waals surface area (Å²) in [6, 6.07) is 0.568. The molecule has 3 heteroatoms. The van der Waals surface area contributed by atoms with Gasteiger partial charge in [0.15, 0.2) is 0 Å². The molecule has 0 amide bonds. The molecule has 0 aliphatic heterocycles. The molecule has 1 fully saturated rings. The maximum atomic E-state index is 11.3. The van der Waals surface area contributed by atoms with E-state index in [-0.39, 0.29) is 5.97 Å². The lowest BCUT2D eigenvalue weighted by atomic mass is 10.1. The number of esters is 1. The van der Waals surface area contributed by atoms with Gasteiger partial charge in [-0.2, -0.15) is 0 Å². The zero-order valence-corrected chi connectivity index (χ0v) is 10.5.